The summed E-state index contributed by atoms with van der Waals surface area (Å²) in [6.07, 6.45) is 2.41. The highest BCUT2D eigenvalue weighted by Crippen LogP contribution is 2.44. The number of urea groups is 1. The van der Waals surface area contributed by atoms with Crippen LogP contribution in [-0.2, 0) is 22.7 Å². The Morgan fingerprint density at radius 2 is 1.96 bits per heavy atom. The average molecular weight is 362 g/mol. The smallest absolute Gasteiger partial charge is 0.322 e. The molecule has 7 heteroatoms. The molecule has 0 bridgehead atoms. The lowest BCUT2D eigenvalue weighted by Crippen LogP contribution is -2.49. The van der Waals surface area contributed by atoms with Gasteiger partial charge in [0.05, 0.1) is 0 Å². The highest BCUT2D eigenvalue weighted by Gasteiger charge is 2.55. The molecule has 3 aliphatic rings. The van der Waals surface area contributed by atoms with E-state index in [1.807, 2.05) is 19.1 Å². The first-order valence-corrected chi connectivity index (χ1v) is 8.96. The molecule has 132 valence electrons. The number of halogens is 1. The third kappa shape index (κ3) is 2.78. The van der Waals surface area contributed by atoms with Gasteiger partial charge >= 0.3 is 6.03 Å². The van der Waals surface area contributed by atoms with Gasteiger partial charge in [-0.05, 0) is 54.9 Å². The number of nitrogens with zero attached hydrogens (tertiary/aromatic N) is 1. The quantitative estimate of drug-likeness (QED) is 0.807. The minimum atomic E-state index is -0.904. The van der Waals surface area contributed by atoms with E-state index in [0.717, 1.165) is 29.5 Å². The van der Waals surface area contributed by atoms with E-state index in [9.17, 15) is 14.4 Å². The van der Waals surface area contributed by atoms with E-state index < -0.39 is 11.6 Å². The molecule has 4 rings (SSSR count). The first kappa shape index (κ1) is 16.4. The molecule has 1 atom stereocenters. The highest BCUT2D eigenvalue weighted by atomic mass is 35.5. The van der Waals surface area contributed by atoms with Crippen molar-refractivity contribution in [3.05, 3.63) is 33.8 Å². The van der Waals surface area contributed by atoms with Gasteiger partial charge in [0.25, 0.3) is 5.91 Å². The van der Waals surface area contributed by atoms with Crippen molar-refractivity contribution in [3.8, 4) is 0 Å². The summed E-state index contributed by atoms with van der Waals surface area (Å²) < 4.78 is 0. The molecule has 2 aliphatic heterocycles. The first-order chi connectivity index (χ1) is 11.9. The van der Waals surface area contributed by atoms with Crippen molar-refractivity contribution in [2.24, 2.45) is 5.92 Å². The second-order valence-electron chi connectivity index (χ2n) is 7.27. The van der Waals surface area contributed by atoms with E-state index >= 15 is 0 Å². The number of carbonyl (C=O) groups is 3. The van der Waals surface area contributed by atoms with Gasteiger partial charge in [0.15, 0.2) is 0 Å². The number of carbonyl (C=O) groups excluding carboxylic acids is 3. The van der Waals surface area contributed by atoms with Crippen LogP contribution in [0.3, 0.4) is 0 Å². The molecule has 1 saturated heterocycles. The van der Waals surface area contributed by atoms with Crippen molar-refractivity contribution >= 4 is 29.4 Å². The Hall–Kier alpha value is -2.08. The number of imide groups is 1. The Balaban J connectivity index is 1.43. The molecule has 2 N–H and O–H groups in total. The van der Waals surface area contributed by atoms with Crippen LogP contribution in [-0.4, -0.2) is 28.3 Å². The second-order valence-corrected chi connectivity index (χ2v) is 7.68. The lowest BCUT2D eigenvalue weighted by atomic mass is 9.88. The molecule has 1 aromatic carbocycles. The third-order valence-electron chi connectivity index (χ3n) is 5.53. The molecular weight excluding hydrogens is 342 g/mol. The van der Waals surface area contributed by atoms with E-state index in [2.05, 4.69) is 10.6 Å². The Morgan fingerprint density at radius 1 is 1.28 bits per heavy atom. The number of hydrogen-bond acceptors (Lipinski definition) is 3. The van der Waals surface area contributed by atoms with E-state index in [1.54, 1.807) is 4.90 Å². The second kappa shape index (κ2) is 5.73. The van der Waals surface area contributed by atoms with Crippen molar-refractivity contribution in [2.75, 3.05) is 0 Å². The highest BCUT2D eigenvalue weighted by molar-refractivity contribution is 6.31. The van der Waals surface area contributed by atoms with E-state index in [4.69, 9.17) is 11.6 Å². The summed E-state index contributed by atoms with van der Waals surface area (Å²) in [5, 5.41) is 5.80. The van der Waals surface area contributed by atoms with Crippen LogP contribution in [0.25, 0.3) is 0 Å². The number of amides is 4. The van der Waals surface area contributed by atoms with Crippen LogP contribution in [0.15, 0.2) is 12.1 Å². The number of fused-ring (bicyclic) bond motifs is 1. The van der Waals surface area contributed by atoms with Gasteiger partial charge in [-0.2, -0.15) is 0 Å². The number of hydrogen-bond donors (Lipinski definition) is 2. The molecule has 1 saturated carbocycles. The summed E-state index contributed by atoms with van der Waals surface area (Å²) in [6.45, 7) is 3.07. The number of aryl methyl sites for hydroxylation is 1. The zero-order chi connectivity index (χ0) is 17.8. The average Bonchev–Trinajstić information content (AvgIpc) is 3.27. The van der Waals surface area contributed by atoms with Crippen LogP contribution < -0.4 is 10.6 Å². The van der Waals surface area contributed by atoms with Crippen molar-refractivity contribution in [1.29, 1.82) is 0 Å². The van der Waals surface area contributed by atoms with Crippen molar-refractivity contribution in [2.45, 2.75) is 51.2 Å². The predicted octanol–water partition coefficient (Wildman–Crippen LogP) is 2.26. The molecule has 0 spiro atoms. The van der Waals surface area contributed by atoms with Crippen LogP contribution in [0.1, 0.15) is 42.4 Å². The van der Waals surface area contributed by atoms with Crippen LogP contribution in [0, 0.1) is 12.8 Å². The fourth-order valence-electron chi connectivity index (χ4n) is 3.93. The maximum Gasteiger partial charge on any atom is 0.322 e. The van der Waals surface area contributed by atoms with Gasteiger partial charge in [0.2, 0.25) is 5.91 Å². The van der Waals surface area contributed by atoms with Gasteiger partial charge in [-0.1, -0.05) is 17.7 Å². The summed E-state index contributed by atoms with van der Waals surface area (Å²) in [5.41, 5.74) is 2.30. The van der Waals surface area contributed by atoms with Gasteiger partial charge in [-0.3, -0.25) is 14.9 Å². The number of benzene rings is 1. The molecule has 1 aliphatic carbocycles. The van der Waals surface area contributed by atoms with Gasteiger partial charge < -0.3 is 10.2 Å². The minimum Gasteiger partial charge on any atom is -0.334 e. The first-order valence-electron chi connectivity index (χ1n) is 8.58. The SMILES string of the molecule is Cc1cc2c(cc1Cl)CN(C(=O)CCC1(C3CC3)NC(=O)NC1=O)C2. The van der Waals surface area contributed by atoms with E-state index in [0.29, 0.717) is 24.5 Å². The van der Waals surface area contributed by atoms with Crippen LogP contribution >= 0.6 is 11.6 Å². The number of rotatable bonds is 4. The summed E-state index contributed by atoms with van der Waals surface area (Å²) in [5.74, 6) is -0.150. The van der Waals surface area contributed by atoms with Crippen molar-refractivity contribution < 1.29 is 14.4 Å². The zero-order valence-electron chi connectivity index (χ0n) is 14.0. The Kier molecular flexibility index (Phi) is 3.76. The molecule has 0 aromatic heterocycles. The van der Waals surface area contributed by atoms with Crippen molar-refractivity contribution in [1.82, 2.24) is 15.5 Å². The summed E-state index contributed by atoms with van der Waals surface area (Å²) in [7, 11) is 0. The Morgan fingerprint density at radius 3 is 2.56 bits per heavy atom. The van der Waals surface area contributed by atoms with Crippen LogP contribution in [0.4, 0.5) is 4.79 Å². The van der Waals surface area contributed by atoms with Gasteiger partial charge in [-0.25, -0.2) is 4.79 Å². The summed E-state index contributed by atoms with van der Waals surface area (Å²) in [6, 6.07) is 3.50. The third-order valence-corrected chi connectivity index (χ3v) is 5.94. The standard InChI is InChI=1S/C18H20ClN3O3/c1-10-6-11-8-22(9-12(11)7-14(10)19)15(23)4-5-18(13-2-3-13)16(24)20-17(25)21-18/h6-7,13H,2-5,8-9H2,1H3,(H2,20,21,24,25). The van der Waals surface area contributed by atoms with Crippen molar-refractivity contribution in [3.63, 3.8) is 0 Å². The fraction of sp³-hybridized carbons (Fsp3) is 0.500. The molecule has 2 heterocycles. The van der Waals surface area contributed by atoms with Crippen LogP contribution in [0.5, 0.6) is 0 Å². The molecule has 25 heavy (non-hydrogen) atoms. The maximum atomic E-state index is 12.7. The summed E-state index contributed by atoms with van der Waals surface area (Å²) >= 11 is 6.17. The lowest BCUT2D eigenvalue weighted by Gasteiger charge is -2.26. The Labute approximate surface area is 150 Å². The molecule has 2 fully saturated rings. The molecule has 4 amide bonds. The van der Waals surface area contributed by atoms with E-state index in [-0.39, 0.29) is 24.2 Å². The fourth-order valence-corrected chi connectivity index (χ4v) is 4.12. The normalized spacial score (nSPS) is 25.0. The molecule has 0 radical (unpaired) electrons. The lowest BCUT2D eigenvalue weighted by molar-refractivity contribution is -0.133. The minimum absolute atomic E-state index is 0.000973. The van der Waals surface area contributed by atoms with Gasteiger partial charge in [-0.15, -0.1) is 0 Å². The Bertz CT molecular complexity index is 759. The molecule has 1 aromatic rings. The molecular formula is C18H20ClN3O3. The maximum absolute atomic E-state index is 12.7. The molecule has 1 unspecified atom stereocenters. The van der Waals surface area contributed by atoms with Gasteiger partial charge in [0, 0.05) is 24.5 Å². The van der Waals surface area contributed by atoms with Crippen LogP contribution in [0.2, 0.25) is 5.02 Å². The topological polar surface area (TPSA) is 78.5 Å². The zero-order valence-corrected chi connectivity index (χ0v) is 14.8. The predicted molar refractivity (Wildman–Crippen MR) is 91.8 cm³/mol. The van der Waals surface area contributed by atoms with E-state index in [1.165, 1.54) is 0 Å². The number of nitrogens with one attached hydrogen (secondary N) is 2. The van der Waals surface area contributed by atoms with Gasteiger partial charge in [0.1, 0.15) is 5.54 Å². The monoisotopic (exact) mass is 361 g/mol. The molecule has 6 nitrogen and oxygen atoms in total. The largest absolute Gasteiger partial charge is 0.334 e. The summed E-state index contributed by atoms with van der Waals surface area (Å²) in [4.78, 5) is 38.3.